The summed E-state index contributed by atoms with van der Waals surface area (Å²) in [5.41, 5.74) is 0.804. The summed E-state index contributed by atoms with van der Waals surface area (Å²) < 4.78 is 19.6. The van der Waals surface area contributed by atoms with Crippen molar-refractivity contribution in [3.8, 4) is 0 Å². The minimum atomic E-state index is -0.998. The normalized spacial score (nSPS) is 18.2. The minimum absolute atomic E-state index is 0.0946. The molecule has 7 heteroatoms. The SMILES string of the molecule is CCN(CC)C(=O)C(CC)(SC)C1C=CN(Cc2ccccc2)C(F)=C1C(=O)OC. The highest BCUT2D eigenvalue weighted by atomic mass is 32.2. The summed E-state index contributed by atoms with van der Waals surface area (Å²) in [6.07, 6.45) is 5.68. The molecular formula is C23H31FN2O3S. The summed E-state index contributed by atoms with van der Waals surface area (Å²) in [4.78, 5) is 29.3. The number of carbonyl (C=O) groups excluding carboxylic acids is 2. The summed E-state index contributed by atoms with van der Waals surface area (Å²) in [5, 5.41) is 0. The van der Waals surface area contributed by atoms with Crippen LogP contribution in [0.25, 0.3) is 0 Å². The number of amides is 1. The highest BCUT2D eigenvalue weighted by Crippen LogP contribution is 2.45. The van der Waals surface area contributed by atoms with Crippen molar-refractivity contribution in [3.63, 3.8) is 0 Å². The number of thioether (sulfide) groups is 1. The largest absolute Gasteiger partial charge is 0.466 e. The van der Waals surface area contributed by atoms with Crippen molar-refractivity contribution in [2.75, 3.05) is 26.5 Å². The van der Waals surface area contributed by atoms with Gasteiger partial charge >= 0.3 is 5.97 Å². The third-order valence-corrected chi connectivity index (χ3v) is 7.10. The molecule has 0 spiro atoms. The number of esters is 1. The number of nitrogens with zero attached hydrogens (tertiary/aromatic N) is 2. The van der Waals surface area contributed by atoms with E-state index in [1.54, 1.807) is 17.2 Å². The molecule has 2 rings (SSSR count). The number of allylic oxidation sites excluding steroid dienone is 1. The summed E-state index contributed by atoms with van der Waals surface area (Å²) in [6, 6.07) is 9.45. The maximum absolute atomic E-state index is 15.6. The fraction of sp³-hybridized carbons (Fsp3) is 0.478. The molecule has 0 fully saturated rings. The van der Waals surface area contributed by atoms with Gasteiger partial charge in [-0.25, -0.2) is 4.79 Å². The molecule has 1 heterocycles. The van der Waals surface area contributed by atoms with Gasteiger partial charge in [-0.05, 0) is 32.1 Å². The Morgan fingerprint density at radius 1 is 1.20 bits per heavy atom. The Labute approximate surface area is 182 Å². The van der Waals surface area contributed by atoms with E-state index in [4.69, 9.17) is 4.74 Å². The molecule has 1 aromatic rings. The molecule has 1 aliphatic rings. The number of hydrogen-bond donors (Lipinski definition) is 0. The van der Waals surface area contributed by atoms with Gasteiger partial charge in [-0.1, -0.05) is 43.3 Å². The van der Waals surface area contributed by atoms with Gasteiger partial charge in [0.25, 0.3) is 0 Å². The van der Waals surface area contributed by atoms with Gasteiger partial charge in [-0.3, -0.25) is 4.79 Å². The number of hydrogen-bond acceptors (Lipinski definition) is 5. The molecule has 5 nitrogen and oxygen atoms in total. The van der Waals surface area contributed by atoms with Crippen molar-refractivity contribution in [1.82, 2.24) is 9.80 Å². The van der Waals surface area contributed by atoms with E-state index in [0.29, 0.717) is 19.5 Å². The lowest BCUT2D eigenvalue weighted by molar-refractivity contribution is -0.138. The molecule has 0 saturated carbocycles. The van der Waals surface area contributed by atoms with Gasteiger partial charge in [0.05, 0.1) is 12.7 Å². The second-order valence-electron chi connectivity index (χ2n) is 7.05. The number of halogens is 1. The van der Waals surface area contributed by atoms with Gasteiger partial charge in [-0.2, -0.15) is 4.39 Å². The van der Waals surface area contributed by atoms with Crippen LogP contribution in [0.4, 0.5) is 4.39 Å². The molecule has 0 saturated heterocycles. The smallest absolute Gasteiger partial charge is 0.338 e. The van der Waals surface area contributed by atoms with E-state index in [9.17, 15) is 9.59 Å². The lowest BCUT2D eigenvalue weighted by atomic mass is 9.80. The predicted molar refractivity (Wildman–Crippen MR) is 119 cm³/mol. The summed E-state index contributed by atoms with van der Waals surface area (Å²) in [5.74, 6) is -2.25. The minimum Gasteiger partial charge on any atom is -0.466 e. The number of ether oxygens (including phenoxy) is 1. The number of rotatable bonds is 9. The molecule has 0 bridgehead atoms. The third-order valence-electron chi connectivity index (χ3n) is 5.65. The van der Waals surface area contributed by atoms with Crippen molar-refractivity contribution in [3.05, 3.63) is 59.7 Å². The van der Waals surface area contributed by atoms with E-state index in [1.807, 2.05) is 57.4 Å². The molecule has 0 aliphatic carbocycles. The lowest BCUT2D eigenvalue weighted by Crippen LogP contribution is -2.52. The van der Waals surface area contributed by atoms with Gasteiger partial charge in [0.15, 0.2) is 0 Å². The standard InChI is InChI=1S/C23H31FN2O3S/c1-6-23(30-5,22(28)25(7-2)8-3)18-14-15-26(16-17-12-10-9-11-13-17)20(24)19(18)21(27)29-4/h9-15,18H,6-8,16H2,1-5H3. The lowest BCUT2D eigenvalue weighted by Gasteiger charge is -2.41. The highest BCUT2D eigenvalue weighted by molar-refractivity contribution is 8.00. The average molecular weight is 435 g/mol. The van der Waals surface area contributed by atoms with E-state index in [2.05, 4.69) is 0 Å². The van der Waals surface area contributed by atoms with Crippen LogP contribution >= 0.6 is 11.8 Å². The summed E-state index contributed by atoms with van der Waals surface area (Å²) in [7, 11) is 1.23. The fourth-order valence-electron chi connectivity index (χ4n) is 3.89. The van der Waals surface area contributed by atoms with Crippen LogP contribution in [0.3, 0.4) is 0 Å². The van der Waals surface area contributed by atoms with Crippen molar-refractivity contribution < 1.29 is 18.7 Å². The molecule has 2 unspecified atom stereocenters. The molecule has 2 atom stereocenters. The second-order valence-corrected chi connectivity index (χ2v) is 8.19. The number of methoxy groups -OCH3 is 1. The van der Waals surface area contributed by atoms with Gasteiger partial charge in [-0.15, -0.1) is 11.8 Å². The Balaban J connectivity index is 2.53. The van der Waals surface area contributed by atoms with Crippen LogP contribution < -0.4 is 0 Å². The Morgan fingerprint density at radius 2 is 1.83 bits per heavy atom. The topological polar surface area (TPSA) is 49.9 Å². The Morgan fingerprint density at radius 3 is 2.33 bits per heavy atom. The van der Waals surface area contributed by atoms with Crippen LogP contribution in [0, 0.1) is 5.92 Å². The summed E-state index contributed by atoms with van der Waals surface area (Å²) >= 11 is 1.36. The maximum Gasteiger partial charge on any atom is 0.338 e. The second kappa shape index (κ2) is 10.7. The fourth-order valence-corrected chi connectivity index (χ4v) is 4.93. The molecule has 0 radical (unpaired) electrons. The van der Waals surface area contributed by atoms with Gasteiger partial charge in [0, 0.05) is 31.8 Å². The average Bonchev–Trinajstić information content (AvgIpc) is 2.78. The van der Waals surface area contributed by atoms with Crippen LogP contribution in [0.5, 0.6) is 0 Å². The van der Waals surface area contributed by atoms with Crippen LogP contribution in [0.1, 0.15) is 32.8 Å². The molecule has 1 aromatic carbocycles. The molecule has 0 aromatic heterocycles. The molecule has 164 valence electrons. The molecule has 1 aliphatic heterocycles. The van der Waals surface area contributed by atoms with E-state index in [0.717, 1.165) is 5.56 Å². The Hall–Kier alpha value is -2.28. The first-order valence-corrected chi connectivity index (χ1v) is 11.4. The van der Waals surface area contributed by atoms with Crippen molar-refractivity contribution in [1.29, 1.82) is 0 Å². The Kier molecular flexibility index (Phi) is 8.53. The molecular weight excluding hydrogens is 403 g/mol. The van der Waals surface area contributed by atoms with E-state index in [1.165, 1.54) is 23.8 Å². The van der Waals surface area contributed by atoms with Gasteiger partial charge in [0.2, 0.25) is 11.9 Å². The van der Waals surface area contributed by atoms with Crippen molar-refractivity contribution >= 4 is 23.6 Å². The van der Waals surface area contributed by atoms with E-state index >= 15 is 4.39 Å². The molecule has 1 amide bonds. The third kappa shape index (κ3) is 4.56. The van der Waals surface area contributed by atoms with Gasteiger partial charge in [0.1, 0.15) is 4.75 Å². The van der Waals surface area contributed by atoms with E-state index in [-0.39, 0.29) is 18.0 Å². The number of benzene rings is 1. The molecule has 30 heavy (non-hydrogen) atoms. The first-order valence-electron chi connectivity index (χ1n) is 10.2. The summed E-state index contributed by atoms with van der Waals surface area (Å²) in [6.45, 7) is 7.10. The maximum atomic E-state index is 15.6. The molecule has 0 N–H and O–H groups in total. The van der Waals surface area contributed by atoms with Crippen LogP contribution in [-0.2, 0) is 20.9 Å². The zero-order valence-corrected chi connectivity index (χ0v) is 19.2. The van der Waals surface area contributed by atoms with E-state index < -0.39 is 22.6 Å². The first-order chi connectivity index (χ1) is 14.4. The van der Waals surface area contributed by atoms with Gasteiger partial charge < -0.3 is 14.5 Å². The zero-order valence-electron chi connectivity index (χ0n) is 18.4. The van der Waals surface area contributed by atoms with Crippen molar-refractivity contribution in [2.45, 2.75) is 38.5 Å². The van der Waals surface area contributed by atoms with Crippen molar-refractivity contribution in [2.24, 2.45) is 5.92 Å². The number of carbonyl (C=O) groups is 2. The first kappa shape index (κ1) is 24.0. The van der Waals surface area contributed by atoms with Crippen LogP contribution in [0.2, 0.25) is 0 Å². The highest BCUT2D eigenvalue weighted by Gasteiger charge is 2.50. The quantitative estimate of drug-likeness (QED) is 0.427. The Bertz CT molecular complexity index is 802. The van der Waals surface area contributed by atoms with Crippen LogP contribution in [0.15, 0.2) is 54.1 Å². The predicted octanol–water partition coefficient (Wildman–Crippen LogP) is 4.37. The monoisotopic (exact) mass is 434 g/mol. The zero-order chi connectivity index (χ0) is 22.3. The van der Waals surface area contributed by atoms with Crippen LogP contribution in [-0.4, -0.2) is 52.9 Å².